The molecule has 1 N–H and O–H groups in total. The zero-order valence-corrected chi connectivity index (χ0v) is 12.0. The molecule has 1 aliphatic heterocycles. The Bertz CT molecular complexity index is 762. The number of phenols is 1. The molecule has 0 atom stereocenters. The lowest BCUT2D eigenvalue weighted by molar-refractivity contribution is 0.0925. The SMILES string of the molecule is COc1cc(OC)cc(N2C(=O)c3cccc(O)c3C2=O)c1. The van der Waals surface area contributed by atoms with Crippen LogP contribution in [-0.2, 0) is 0 Å². The van der Waals surface area contributed by atoms with Crippen LogP contribution in [0.2, 0.25) is 0 Å². The fraction of sp³-hybridized carbons (Fsp3) is 0.125. The molecule has 1 heterocycles. The third-order valence-corrected chi connectivity index (χ3v) is 3.49. The first-order chi connectivity index (χ1) is 10.6. The number of ether oxygens (including phenoxy) is 2. The Morgan fingerprint density at radius 2 is 1.59 bits per heavy atom. The van der Waals surface area contributed by atoms with Crippen LogP contribution in [0.5, 0.6) is 17.2 Å². The normalized spacial score (nSPS) is 13.3. The maximum Gasteiger partial charge on any atom is 0.269 e. The van der Waals surface area contributed by atoms with Gasteiger partial charge in [-0.1, -0.05) is 6.07 Å². The van der Waals surface area contributed by atoms with Gasteiger partial charge in [-0.15, -0.1) is 0 Å². The Labute approximate surface area is 126 Å². The highest BCUT2D eigenvalue weighted by molar-refractivity contribution is 6.35. The lowest BCUT2D eigenvalue weighted by Crippen LogP contribution is -2.29. The number of methoxy groups -OCH3 is 2. The number of phenolic OH excluding ortho intramolecular Hbond substituents is 1. The van der Waals surface area contributed by atoms with Gasteiger partial charge < -0.3 is 14.6 Å². The second-order valence-electron chi connectivity index (χ2n) is 4.72. The van der Waals surface area contributed by atoms with Crippen molar-refractivity contribution in [3.8, 4) is 17.2 Å². The summed E-state index contributed by atoms with van der Waals surface area (Å²) in [5.41, 5.74) is 0.503. The minimum atomic E-state index is -0.576. The van der Waals surface area contributed by atoms with Crippen molar-refractivity contribution < 1.29 is 24.2 Å². The molecule has 0 bridgehead atoms. The van der Waals surface area contributed by atoms with Crippen molar-refractivity contribution in [3.05, 3.63) is 47.5 Å². The first-order valence-electron chi connectivity index (χ1n) is 6.50. The fourth-order valence-electron chi connectivity index (χ4n) is 2.42. The zero-order chi connectivity index (χ0) is 15.9. The molecule has 2 aromatic carbocycles. The van der Waals surface area contributed by atoms with Crippen LogP contribution < -0.4 is 14.4 Å². The predicted octanol–water partition coefficient (Wildman–Crippen LogP) is 2.21. The Kier molecular flexibility index (Phi) is 3.21. The van der Waals surface area contributed by atoms with Gasteiger partial charge in [-0.25, -0.2) is 4.90 Å². The molecule has 1 aliphatic rings. The number of benzene rings is 2. The Morgan fingerprint density at radius 3 is 2.14 bits per heavy atom. The summed E-state index contributed by atoms with van der Waals surface area (Å²) in [6.45, 7) is 0. The monoisotopic (exact) mass is 299 g/mol. The van der Waals surface area contributed by atoms with E-state index in [1.807, 2.05) is 0 Å². The van der Waals surface area contributed by atoms with Gasteiger partial charge in [0.15, 0.2) is 0 Å². The molecule has 6 heteroatoms. The highest BCUT2D eigenvalue weighted by atomic mass is 16.5. The largest absolute Gasteiger partial charge is 0.507 e. The zero-order valence-electron chi connectivity index (χ0n) is 12.0. The lowest BCUT2D eigenvalue weighted by Gasteiger charge is -2.16. The van der Waals surface area contributed by atoms with Crippen molar-refractivity contribution in [2.24, 2.45) is 0 Å². The van der Waals surface area contributed by atoms with Crippen molar-refractivity contribution >= 4 is 17.5 Å². The number of carbonyl (C=O) groups excluding carboxylic acids is 2. The average molecular weight is 299 g/mol. The summed E-state index contributed by atoms with van der Waals surface area (Å²) in [7, 11) is 2.96. The summed E-state index contributed by atoms with van der Waals surface area (Å²) >= 11 is 0. The summed E-state index contributed by atoms with van der Waals surface area (Å²) in [6, 6.07) is 9.16. The topological polar surface area (TPSA) is 76.1 Å². The van der Waals surface area contributed by atoms with E-state index in [1.165, 1.54) is 32.4 Å². The minimum absolute atomic E-state index is 0.00860. The second-order valence-corrected chi connectivity index (χ2v) is 4.72. The van der Waals surface area contributed by atoms with Gasteiger partial charge in [0.1, 0.15) is 17.2 Å². The summed E-state index contributed by atoms with van der Waals surface area (Å²) in [4.78, 5) is 26.0. The van der Waals surface area contributed by atoms with E-state index in [0.717, 1.165) is 4.90 Å². The molecule has 0 saturated heterocycles. The maximum absolute atomic E-state index is 12.5. The van der Waals surface area contributed by atoms with E-state index >= 15 is 0 Å². The van der Waals surface area contributed by atoms with E-state index < -0.39 is 11.8 Å². The molecular formula is C16H13NO5. The van der Waals surface area contributed by atoms with Gasteiger partial charge in [0, 0.05) is 18.2 Å². The molecular weight excluding hydrogens is 286 g/mol. The number of anilines is 1. The molecule has 0 fully saturated rings. The minimum Gasteiger partial charge on any atom is -0.507 e. The smallest absolute Gasteiger partial charge is 0.269 e. The molecule has 112 valence electrons. The lowest BCUT2D eigenvalue weighted by atomic mass is 10.1. The molecule has 2 aromatic rings. The number of nitrogens with zero attached hydrogens (tertiary/aromatic N) is 1. The quantitative estimate of drug-likeness (QED) is 0.879. The van der Waals surface area contributed by atoms with E-state index in [2.05, 4.69) is 0 Å². The molecule has 0 saturated carbocycles. The van der Waals surface area contributed by atoms with E-state index in [4.69, 9.17) is 9.47 Å². The molecule has 0 aliphatic carbocycles. The van der Waals surface area contributed by atoms with E-state index in [9.17, 15) is 14.7 Å². The van der Waals surface area contributed by atoms with Gasteiger partial charge in [-0.05, 0) is 12.1 Å². The first-order valence-corrected chi connectivity index (χ1v) is 6.50. The summed E-state index contributed by atoms with van der Waals surface area (Å²) in [5.74, 6) is -0.377. The van der Waals surface area contributed by atoms with E-state index in [0.29, 0.717) is 17.2 Å². The molecule has 0 radical (unpaired) electrons. The second kappa shape index (κ2) is 5.07. The third-order valence-electron chi connectivity index (χ3n) is 3.49. The Balaban J connectivity index is 2.13. The van der Waals surface area contributed by atoms with Crippen LogP contribution in [0.1, 0.15) is 20.7 Å². The number of imide groups is 1. The highest BCUT2D eigenvalue weighted by Gasteiger charge is 2.39. The number of hydrogen-bond acceptors (Lipinski definition) is 5. The maximum atomic E-state index is 12.5. The van der Waals surface area contributed by atoms with Crippen LogP contribution in [0.15, 0.2) is 36.4 Å². The molecule has 0 unspecified atom stereocenters. The molecule has 22 heavy (non-hydrogen) atoms. The van der Waals surface area contributed by atoms with E-state index in [-0.39, 0.29) is 16.9 Å². The third kappa shape index (κ3) is 1.96. The van der Waals surface area contributed by atoms with Crippen molar-refractivity contribution in [1.29, 1.82) is 0 Å². The van der Waals surface area contributed by atoms with Crippen LogP contribution in [0.3, 0.4) is 0 Å². The van der Waals surface area contributed by atoms with Crippen LogP contribution in [0, 0.1) is 0 Å². The van der Waals surface area contributed by atoms with E-state index in [1.54, 1.807) is 18.2 Å². The highest BCUT2D eigenvalue weighted by Crippen LogP contribution is 2.36. The van der Waals surface area contributed by atoms with Crippen molar-refractivity contribution in [3.63, 3.8) is 0 Å². The van der Waals surface area contributed by atoms with Gasteiger partial charge in [-0.3, -0.25) is 9.59 Å². The Hall–Kier alpha value is -3.02. The van der Waals surface area contributed by atoms with Gasteiger partial charge in [-0.2, -0.15) is 0 Å². The van der Waals surface area contributed by atoms with Crippen LogP contribution >= 0.6 is 0 Å². The summed E-state index contributed by atoms with van der Waals surface area (Å²) in [6.07, 6.45) is 0. The van der Waals surface area contributed by atoms with Gasteiger partial charge in [0.2, 0.25) is 0 Å². The standard InChI is InChI=1S/C16H13NO5/c1-21-10-6-9(7-11(8-10)22-2)17-15(19)12-4-3-5-13(18)14(12)16(17)20/h3-8,18H,1-2H3. The number of hydrogen-bond donors (Lipinski definition) is 1. The van der Waals surface area contributed by atoms with Gasteiger partial charge in [0.25, 0.3) is 11.8 Å². The first kappa shape index (κ1) is 13.9. The van der Waals surface area contributed by atoms with Crippen molar-refractivity contribution in [2.75, 3.05) is 19.1 Å². The molecule has 2 amide bonds. The Morgan fingerprint density at radius 1 is 0.955 bits per heavy atom. The molecule has 6 nitrogen and oxygen atoms in total. The fourth-order valence-corrected chi connectivity index (χ4v) is 2.42. The molecule has 3 rings (SSSR count). The number of amides is 2. The molecule has 0 aromatic heterocycles. The number of rotatable bonds is 3. The van der Waals surface area contributed by atoms with Gasteiger partial charge in [0.05, 0.1) is 31.0 Å². The number of aromatic hydroxyl groups is 1. The van der Waals surface area contributed by atoms with Crippen molar-refractivity contribution in [1.82, 2.24) is 0 Å². The van der Waals surface area contributed by atoms with Crippen LogP contribution in [0.25, 0.3) is 0 Å². The van der Waals surface area contributed by atoms with Crippen LogP contribution in [0.4, 0.5) is 5.69 Å². The average Bonchev–Trinajstić information content (AvgIpc) is 2.79. The van der Waals surface area contributed by atoms with Crippen LogP contribution in [-0.4, -0.2) is 31.1 Å². The van der Waals surface area contributed by atoms with Gasteiger partial charge >= 0.3 is 0 Å². The molecule has 0 spiro atoms. The predicted molar refractivity (Wildman–Crippen MR) is 78.8 cm³/mol. The van der Waals surface area contributed by atoms with Crippen molar-refractivity contribution in [2.45, 2.75) is 0 Å². The summed E-state index contributed by atoms with van der Waals surface area (Å²) in [5, 5.41) is 9.84. The number of fused-ring (bicyclic) bond motifs is 1. The summed E-state index contributed by atoms with van der Waals surface area (Å²) < 4.78 is 10.3. The number of carbonyl (C=O) groups is 2.